The smallest absolute Gasteiger partial charge is 0.270 e. The van der Waals surface area contributed by atoms with Crippen LogP contribution in [0, 0.1) is 5.92 Å². The summed E-state index contributed by atoms with van der Waals surface area (Å²) in [6, 6.07) is 6.97. The van der Waals surface area contributed by atoms with Gasteiger partial charge in [0.2, 0.25) is 0 Å². The average Bonchev–Trinajstić information content (AvgIpc) is 3.30. The maximum Gasteiger partial charge on any atom is 0.270 e. The van der Waals surface area contributed by atoms with Gasteiger partial charge in [-0.3, -0.25) is 4.79 Å². The van der Waals surface area contributed by atoms with E-state index in [0.29, 0.717) is 16.5 Å². The summed E-state index contributed by atoms with van der Waals surface area (Å²) in [6.45, 7) is 3.79. The maximum absolute atomic E-state index is 13.0. The van der Waals surface area contributed by atoms with Gasteiger partial charge in [-0.15, -0.1) is 0 Å². The third-order valence-electron chi connectivity index (χ3n) is 5.95. The number of carbonyl (C=O) groups is 1. The molecule has 0 radical (unpaired) electrons. The van der Waals surface area contributed by atoms with Crippen molar-refractivity contribution in [3.05, 3.63) is 30.0 Å². The molecule has 1 aromatic heterocycles. The van der Waals surface area contributed by atoms with Crippen molar-refractivity contribution >= 4 is 26.6 Å². The zero-order chi connectivity index (χ0) is 18.3. The molecule has 2 heterocycles. The minimum Gasteiger partial charge on any atom is -0.351 e. The Kier molecular flexibility index (Phi) is 4.55. The van der Waals surface area contributed by atoms with E-state index in [1.165, 1.54) is 0 Å². The van der Waals surface area contributed by atoms with Gasteiger partial charge in [-0.05, 0) is 68.7 Å². The van der Waals surface area contributed by atoms with E-state index in [2.05, 4.69) is 11.9 Å². The van der Waals surface area contributed by atoms with Crippen LogP contribution in [0.5, 0.6) is 0 Å². The molecule has 4 rings (SSSR count). The van der Waals surface area contributed by atoms with Crippen LogP contribution in [-0.2, 0) is 9.84 Å². The number of sulfone groups is 1. The van der Waals surface area contributed by atoms with Crippen molar-refractivity contribution in [2.45, 2.75) is 55.6 Å². The molecule has 1 saturated carbocycles. The molecule has 1 aliphatic heterocycles. The summed E-state index contributed by atoms with van der Waals surface area (Å²) in [5.41, 5.74) is 1.35. The van der Waals surface area contributed by atoms with Crippen LogP contribution < -0.4 is 0 Å². The number of nitrogens with one attached hydrogen (secondary N) is 1. The zero-order valence-electron chi connectivity index (χ0n) is 15.2. The molecule has 0 unspecified atom stereocenters. The highest BCUT2D eigenvalue weighted by molar-refractivity contribution is 7.92. The number of hydrogen-bond acceptors (Lipinski definition) is 3. The van der Waals surface area contributed by atoms with Gasteiger partial charge in [0.25, 0.3) is 5.91 Å². The van der Waals surface area contributed by atoms with Gasteiger partial charge in [-0.25, -0.2) is 8.42 Å². The van der Waals surface area contributed by atoms with Crippen molar-refractivity contribution in [3.63, 3.8) is 0 Å². The van der Waals surface area contributed by atoms with Gasteiger partial charge in [-0.1, -0.05) is 6.92 Å². The number of aromatic nitrogens is 1. The summed E-state index contributed by atoms with van der Waals surface area (Å²) in [4.78, 5) is 17.9. The number of carbonyl (C=O) groups excluding carboxylic acids is 1. The van der Waals surface area contributed by atoms with Crippen molar-refractivity contribution in [3.8, 4) is 0 Å². The van der Waals surface area contributed by atoms with Crippen molar-refractivity contribution < 1.29 is 13.2 Å². The minimum atomic E-state index is -3.31. The predicted octanol–water partition coefficient (Wildman–Crippen LogP) is 3.76. The lowest BCUT2D eigenvalue weighted by atomic mass is 9.91. The third-order valence-corrected chi connectivity index (χ3v) is 8.21. The number of nitrogens with zero attached hydrogens (tertiary/aromatic N) is 1. The first-order valence-electron chi connectivity index (χ1n) is 9.61. The highest BCUT2D eigenvalue weighted by atomic mass is 32.2. The summed E-state index contributed by atoms with van der Waals surface area (Å²) in [5.74, 6) is 0.622. The zero-order valence-corrected chi connectivity index (χ0v) is 16.0. The normalized spacial score (nSPS) is 24.3. The molecular weight excluding hydrogens is 348 g/mol. The Hall–Kier alpha value is -1.82. The molecule has 1 saturated heterocycles. The summed E-state index contributed by atoms with van der Waals surface area (Å²) in [7, 11) is -3.31. The minimum absolute atomic E-state index is 0.00405. The summed E-state index contributed by atoms with van der Waals surface area (Å²) < 4.78 is 26.0. The first-order chi connectivity index (χ1) is 12.4. The topological polar surface area (TPSA) is 70.2 Å². The molecule has 6 heteroatoms. The number of rotatable bonds is 3. The van der Waals surface area contributed by atoms with E-state index >= 15 is 0 Å². The van der Waals surface area contributed by atoms with Crippen LogP contribution in [0.1, 0.15) is 55.9 Å². The molecular formula is C20H26N2O3S. The molecule has 0 spiro atoms. The first-order valence-corrected chi connectivity index (χ1v) is 11.2. The lowest BCUT2D eigenvalue weighted by molar-refractivity contribution is 0.0788. The van der Waals surface area contributed by atoms with Crippen molar-refractivity contribution in [2.75, 3.05) is 13.1 Å². The van der Waals surface area contributed by atoms with E-state index in [1.807, 2.05) is 4.90 Å². The van der Waals surface area contributed by atoms with Crippen molar-refractivity contribution in [1.82, 2.24) is 9.88 Å². The predicted molar refractivity (Wildman–Crippen MR) is 102 cm³/mol. The molecule has 26 heavy (non-hydrogen) atoms. The second kappa shape index (κ2) is 6.72. The lowest BCUT2D eigenvalue weighted by Crippen LogP contribution is -2.27. The molecule has 0 bridgehead atoms. The van der Waals surface area contributed by atoms with Crippen LogP contribution >= 0.6 is 0 Å². The van der Waals surface area contributed by atoms with Crippen molar-refractivity contribution in [1.29, 1.82) is 0 Å². The number of aromatic amines is 1. The fourth-order valence-corrected chi connectivity index (χ4v) is 6.05. The quantitative estimate of drug-likeness (QED) is 0.889. The number of likely N-dealkylation sites (tertiary alicyclic amines) is 1. The first kappa shape index (κ1) is 17.6. The molecule has 1 amide bonds. The Morgan fingerprint density at radius 1 is 1.08 bits per heavy atom. The Bertz CT molecular complexity index is 918. The van der Waals surface area contributed by atoms with Crippen LogP contribution in [0.3, 0.4) is 0 Å². The Morgan fingerprint density at radius 3 is 2.46 bits per heavy atom. The van der Waals surface area contributed by atoms with Gasteiger partial charge in [0.15, 0.2) is 9.84 Å². The highest BCUT2D eigenvalue weighted by Crippen LogP contribution is 2.32. The SMILES string of the molecule is CC1CCC(S(=O)(=O)c2ccc3[nH]c(C(=O)N4CCCC4)cc3c2)CC1. The number of fused-ring (bicyclic) bond motifs is 1. The third kappa shape index (κ3) is 3.15. The molecule has 2 aliphatic rings. The summed E-state index contributed by atoms with van der Waals surface area (Å²) >= 11 is 0. The second-order valence-electron chi connectivity index (χ2n) is 7.86. The summed E-state index contributed by atoms with van der Waals surface area (Å²) in [6.07, 6.45) is 5.54. The lowest BCUT2D eigenvalue weighted by Gasteiger charge is -2.26. The van der Waals surface area contributed by atoms with Gasteiger partial charge in [0, 0.05) is 24.0 Å². The van der Waals surface area contributed by atoms with Crippen LogP contribution in [0.2, 0.25) is 0 Å². The van der Waals surface area contributed by atoms with Gasteiger partial charge in [0.05, 0.1) is 10.1 Å². The molecule has 2 aromatic rings. The molecule has 2 fully saturated rings. The van der Waals surface area contributed by atoms with Crippen LogP contribution in [0.4, 0.5) is 0 Å². The number of H-pyrrole nitrogens is 1. The molecule has 1 aromatic carbocycles. The molecule has 1 N–H and O–H groups in total. The molecule has 0 atom stereocenters. The molecule has 5 nitrogen and oxygen atoms in total. The largest absolute Gasteiger partial charge is 0.351 e. The fraction of sp³-hybridized carbons (Fsp3) is 0.550. The monoisotopic (exact) mass is 374 g/mol. The van der Waals surface area contributed by atoms with Crippen LogP contribution in [-0.4, -0.2) is 42.5 Å². The maximum atomic E-state index is 13.0. The molecule has 1 aliphatic carbocycles. The Balaban J connectivity index is 1.62. The highest BCUT2D eigenvalue weighted by Gasteiger charge is 2.31. The van der Waals surface area contributed by atoms with E-state index in [0.717, 1.165) is 62.5 Å². The van der Waals surface area contributed by atoms with Crippen LogP contribution in [0.25, 0.3) is 10.9 Å². The standard InChI is InChI=1S/C20H26N2O3S/c1-14-4-6-16(7-5-14)26(24,25)17-8-9-18-15(12-17)13-19(21-18)20(23)22-10-2-3-11-22/h8-9,12-14,16,21H,2-7,10-11H2,1H3. The van der Waals surface area contributed by atoms with Gasteiger partial charge in [0.1, 0.15) is 5.69 Å². The Morgan fingerprint density at radius 2 is 1.77 bits per heavy atom. The van der Waals surface area contributed by atoms with E-state index in [4.69, 9.17) is 0 Å². The van der Waals surface area contributed by atoms with Gasteiger partial charge in [-0.2, -0.15) is 0 Å². The number of amides is 1. The summed E-state index contributed by atoms with van der Waals surface area (Å²) in [5, 5.41) is 0.513. The fourth-order valence-electron chi connectivity index (χ4n) is 4.23. The van der Waals surface area contributed by atoms with E-state index in [9.17, 15) is 13.2 Å². The van der Waals surface area contributed by atoms with Crippen molar-refractivity contribution in [2.24, 2.45) is 5.92 Å². The Labute approximate surface area is 154 Å². The second-order valence-corrected chi connectivity index (χ2v) is 10.1. The number of hydrogen-bond donors (Lipinski definition) is 1. The van der Waals surface area contributed by atoms with E-state index in [-0.39, 0.29) is 11.2 Å². The average molecular weight is 375 g/mol. The van der Waals surface area contributed by atoms with Gasteiger partial charge < -0.3 is 9.88 Å². The van der Waals surface area contributed by atoms with E-state index in [1.54, 1.807) is 24.3 Å². The van der Waals surface area contributed by atoms with Crippen LogP contribution in [0.15, 0.2) is 29.2 Å². The van der Waals surface area contributed by atoms with E-state index < -0.39 is 9.84 Å². The molecule has 140 valence electrons. The number of benzene rings is 1. The van der Waals surface area contributed by atoms with Gasteiger partial charge >= 0.3 is 0 Å².